The standard InChI is InChI=1S/C21H20N4OS/c1-3-22-21-25(19(14-27-21)17-9-5-7-11-20(17)26-2)24-13-15-12-23-18-10-6-4-8-16(15)18/h4-14,23H,3H2,1-2H3. The van der Waals surface area contributed by atoms with Crippen molar-refractivity contribution in [1.29, 1.82) is 0 Å². The van der Waals surface area contributed by atoms with Crippen molar-refractivity contribution in [3.63, 3.8) is 0 Å². The first-order chi connectivity index (χ1) is 13.3. The van der Waals surface area contributed by atoms with Gasteiger partial charge in [0.2, 0.25) is 4.80 Å². The van der Waals surface area contributed by atoms with Crippen LogP contribution in [-0.2, 0) is 0 Å². The van der Waals surface area contributed by atoms with Crippen LogP contribution in [0, 0.1) is 0 Å². The van der Waals surface area contributed by atoms with E-state index in [9.17, 15) is 0 Å². The molecule has 27 heavy (non-hydrogen) atoms. The number of hydrogen-bond donors (Lipinski definition) is 1. The van der Waals surface area contributed by atoms with E-state index in [1.807, 2.05) is 60.4 Å². The molecule has 6 heteroatoms. The first-order valence-corrected chi connectivity index (χ1v) is 9.64. The van der Waals surface area contributed by atoms with Crippen molar-refractivity contribution in [2.75, 3.05) is 13.7 Å². The second-order valence-electron chi connectivity index (χ2n) is 5.92. The number of rotatable bonds is 5. The van der Waals surface area contributed by atoms with Crippen LogP contribution < -0.4 is 9.54 Å². The second kappa shape index (κ2) is 7.63. The molecule has 0 fully saturated rings. The van der Waals surface area contributed by atoms with Crippen LogP contribution >= 0.6 is 11.3 Å². The molecule has 0 bridgehead atoms. The van der Waals surface area contributed by atoms with E-state index < -0.39 is 0 Å². The summed E-state index contributed by atoms with van der Waals surface area (Å²) >= 11 is 1.57. The van der Waals surface area contributed by atoms with Crippen molar-refractivity contribution < 1.29 is 4.74 Å². The summed E-state index contributed by atoms with van der Waals surface area (Å²) in [6.07, 6.45) is 3.85. The molecule has 0 aliphatic heterocycles. The highest BCUT2D eigenvalue weighted by Gasteiger charge is 2.12. The second-order valence-corrected chi connectivity index (χ2v) is 6.76. The Morgan fingerprint density at radius 3 is 2.81 bits per heavy atom. The van der Waals surface area contributed by atoms with E-state index in [4.69, 9.17) is 9.84 Å². The Morgan fingerprint density at radius 1 is 1.15 bits per heavy atom. The molecule has 2 heterocycles. The summed E-state index contributed by atoms with van der Waals surface area (Å²) in [5, 5.41) is 7.97. The lowest BCUT2D eigenvalue weighted by Crippen LogP contribution is -2.12. The Kier molecular flexibility index (Phi) is 4.89. The molecule has 5 nitrogen and oxygen atoms in total. The predicted octanol–water partition coefficient (Wildman–Crippen LogP) is 4.51. The topological polar surface area (TPSA) is 54.7 Å². The lowest BCUT2D eigenvalue weighted by Gasteiger charge is -2.08. The number of ether oxygens (including phenoxy) is 1. The van der Waals surface area contributed by atoms with Crippen molar-refractivity contribution in [2.24, 2.45) is 10.1 Å². The van der Waals surface area contributed by atoms with E-state index in [0.29, 0.717) is 6.54 Å². The van der Waals surface area contributed by atoms with Crippen LogP contribution in [0.5, 0.6) is 5.75 Å². The Labute approximate surface area is 161 Å². The van der Waals surface area contributed by atoms with Crippen LogP contribution in [0.1, 0.15) is 12.5 Å². The van der Waals surface area contributed by atoms with Gasteiger partial charge in [0.05, 0.1) is 19.0 Å². The summed E-state index contributed by atoms with van der Waals surface area (Å²) in [6.45, 7) is 2.73. The summed E-state index contributed by atoms with van der Waals surface area (Å²) < 4.78 is 7.42. The number of nitrogens with one attached hydrogen (secondary N) is 1. The fourth-order valence-corrected chi connectivity index (χ4v) is 3.91. The third-order valence-electron chi connectivity index (χ3n) is 4.30. The Balaban J connectivity index is 1.84. The maximum Gasteiger partial charge on any atom is 0.206 e. The van der Waals surface area contributed by atoms with Crippen LogP contribution in [0.25, 0.3) is 22.2 Å². The first-order valence-electron chi connectivity index (χ1n) is 8.76. The minimum atomic E-state index is 0.703. The Morgan fingerprint density at radius 2 is 1.96 bits per heavy atom. The fraction of sp³-hybridized carbons (Fsp3) is 0.143. The molecule has 4 rings (SSSR count). The fourth-order valence-electron chi connectivity index (χ4n) is 3.02. The highest BCUT2D eigenvalue weighted by Crippen LogP contribution is 2.30. The van der Waals surface area contributed by atoms with E-state index in [-0.39, 0.29) is 0 Å². The van der Waals surface area contributed by atoms with Gasteiger partial charge in [-0.2, -0.15) is 5.10 Å². The number of para-hydroxylation sites is 2. The number of nitrogens with zero attached hydrogens (tertiary/aromatic N) is 3. The van der Waals surface area contributed by atoms with Crippen LogP contribution in [0.4, 0.5) is 0 Å². The molecule has 1 N–H and O–H groups in total. The molecule has 2 aromatic heterocycles. The first kappa shape index (κ1) is 17.3. The third kappa shape index (κ3) is 3.31. The van der Waals surface area contributed by atoms with Crippen LogP contribution in [0.3, 0.4) is 0 Å². The third-order valence-corrected chi connectivity index (χ3v) is 5.15. The maximum atomic E-state index is 5.54. The average Bonchev–Trinajstić information content (AvgIpc) is 3.30. The number of hydrogen-bond acceptors (Lipinski definition) is 4. The molecule has 0 saturated heterocycles. The zero-order chi connectivity index (χ0) is 18.6. The zero-order valence-electron chi connectivity index (χ0n) is 15.2. The molecule has 0 unspecified atom stereocenters. The van der Waals surface area contributed by atoms with Crippen molar-refractivity contribution in [3.05, 3.63) is 70.5 Å². The number of H-pyrrole nitrogens is 1. The quantitative estimate of drug-likeness (QED) is 0.512. The molecular weight excluding hydrogens is 356 g/mol. The summed E-state index contributed by atoms with van der Waals surface area (Å²) in [7, 11) is 1.68. The smallest absolute Gasteiger partial charge is 0.206 e. The van der Waals surface area contributed by atoms with E-state index >= 15 is 0 Å². The van der Waals surface area contributed by atoms with E-state index in [2.05, 4.69) is 27.5 Å². The maximum absolute atomic E-state index is 5.54. The van der Waals surface area contributed by atoms with E-state index in [0.717, 1.165) is 38.3 Å². The van der Waals surface area contributed by atoms with Gasteiger partial charge in [-0.15, -0.1) is 11.3 Å². The molecule has 0 spiro atoms. The molecular formula is C21H20N4OS. The molecule has 0 radical (unpaired) electrons. The van der Waals surface area contributed by atoms with E-state index in [1.165, 1.54) is 0 Å². The minimum absolute atomic E-state index is 0.703. The highest BCUT2D eigenvalue weighted by molar-refractivity contribution is 7.07. The largest absolute Gasteiger partial charge is 0.496 e. The van der Waals surface area contributed by atoms with Crippen LogP contribution in [0.2, 0.25) is 0 Å². The van der Waals surface area contributed by atoms with Gasteiger partial charge in [0.25, 0.3) is 0 Å². The number of fused-ring (bicyclic) bond motifs is 1. The van der Waals surface area contributed by atoms with Gasteiger partial charge < -0.3 is 9.72 Å². The van der Waals surface area contributed by atoms with Crippen LogP contribution in [-0.4, -0.2) is 29.5 Å². The van der Waals surface area contributed by atoms with Crippen molar-refractivity contribution in [2.45, 2.75) is 6.92 Å². The lowest BCUT2D eigenvalue weighted by molar-refractivity contribution is 0.416. The van der Waals surface area contributed by atoms with Gasteiger partial charge in [-0.05, 0) is 25.1 Å². The van der Waals surface area contributed by atoms with Gasteiger partial charge in [0.1, 0.15) is 5.75 Å². The summed E-state index contributed by atoms with van der Waals surface area (Å²) in [4.78, 5) is 8.73. The minimum Gasteiger partial charge on any atom is -0.496 e. The molecule has 136 valence electrons. The lowest BCUT2D eigenvalue weighted by atomic mass is 10.1. The van der Waals surface area contributed by atoms with Crippen LogP contribution in [0.15, 0.2) is 70.2 Å². The van der Waals surface area contributed by atoms with Gasteiger partial charge >= 0.3 is 0 Å². The van der Waals surface area contributed by atoms with Gasteiger partial charge in [-0.1, -0.05) is 30.3 Å². The van der Waals surface area contributed by atoms with Gasteiger partial charge in [0, 0.05) is 40.2 Å². The van der Waals surface area contributed by atoms with Crippen molar-refractivity contribution in [3.8, 4) is 17.0 Å². The molecule has 0 saturated carbocycles. The van der Waals surface area contributed by atoms with Crippen molar-refractivity contribution >= 4 is 28.5 Å². The molecule has 0 aliphatic rings. The molecule has 4 aromatic rings. The molecule has 0 aliphatic carbocycles. The zero-order valence-corrected chi connectivity index (χ0v) is 16.0. The van der Waals surface area contributed by atoms with Gasteiger partial charge in [-0.3, -0.25) is 4.99 Å². The number of aromatic nitrogens is 2. The number of aromatic amines is 1. The average molecular weight is 376 g/mol. The monoisotopic (exact) mass is 376 g/mol. The van der Waals surface area contributed by atoms with E-state index in [1.54, 1.807) is 18.4 Å². The predicted molar refractivity (Wildman–Crippen MR) is 112 cm³/mol. The Bertz CT molecular complexity index is 1170. The Hall–Kier alpha value is -3.12. The number of methoxy groups -OCH3 is 1. The summed E-state index contributed by atoms with van der Waals surface area (Å²) in [6, 6.07) is 16.2. The highest BCUT2D eigenvalue weighted by atomic mass is 32.1. The number of benzene rings is 2. The van der Waals surface area contributed by atoms with Gasteiger partial charge in [-0.25, -0.2) is 4.68 Å². The summed E-state index contributed by atoms with van der Waals surface area (Å²) in [5.74, 6) is 0.814. The molecule has 0 atom stereocenters. The normalized spacial score (nSPS) is 12.3. The summed E-state index contributed by atoms with van der Waals surface area (Å²) in [5.41, 5.74) is 4.08. The SMILES string of the molecule is CCN=c1scc(-c2ccccc2OC)n1N=Cc1c[nH]c2ccccc12. The van der Waals surface area contributed by atoms with Gasteiger partial charge in [0.15, 0.2) is 0 Å². The van der Waals surface area contributed by atoms with Crippen molar-refractivity contribution in [1.82, 2.24) is 9.66 Å². The molecule has 0 amide bonds. The molecule has 2 aromatic carbocycles. The number of thiazole rings is 1.